The smallest absolute Gasteiger partial charge is 0.160 e. The van der Waals surface area contributed by atoms with Gasteiger partial charge in [0.05, 0.1) is 33.5 Å². The summed E-state index contributed by atoms with van der Waals surface area (Å²) < 4.78 is 13.8. The van der Waals surface area contributed by atoms with Crippen molar-refractivity contribution in [3.63, 3.8) is 0 Å². The highest BCUT2D eigenvalue weighted by Crippen LogP contribution is 2.44. The van der Waals surface area contributed by atoms with Crippen LogP contribution < -0.4 is 0 Å². The Hall–Kier alpha value is -9.10. The van der Waals surface area contributed by atoms with Crippen LogP contribution in [0, 0.1) is 0 Å². The highest BCUT2D eigenvalue weighted by atomic mass is 32.1. The zero-order valence-electron chi connectivity index (χ0n) is 37.5. The predicted molar refractivity (Wildman–Crippen MR) is 293 cm³/mol. The van der Waals surface area contributed by atoms with Crippen molar-refractivity contribution >= 4 is 97.1 Å². The fraction of sp³-hybridized carbons (Fsp3) is 0. The number of fused-ring (bicyclic) bond motifs is 13. The second-order valence-electron chi connectivity index (χ2n) is 18.1. The van der Waals surface area contributed by atoms with Crippen LogP contribution in [0.3, 0.4) is 0 Å². The molecule has 0 saturated heterocycles. The van der Waals surface area contributed by atoms with Gasteiger partial charge in [-0.1, -0.05) is 127 Å². The van der Waals surface area contributed by atoms with Crippen molar-refractivity contribution < 1.29 is 4.42 Å². The SMILES string of the molecule is c1ccc(-c2cccc(-n3c4ccccc4c4cc(-c5cc(-c6ccc7c(c6)c6ccccc6n7-c6ccccc6)nc(-c6ccc7oc8ccc9sc%10ccccc%10c9c8c7c6)n5)ccc43)c2)cc1. The summed E-state index contributed by atoms with van der Waals surface area (Å²) in [6.07, 6.45) is 0. The Kier molecular flexibility index (Phi) is 8.46. The number of thiophene rings is 1. The molecule has 6 heteroatoms. The summed E-state index contributed by atoms with van der Waals surface area (Å²) >= 11 is 1.82. The second-order valence-corrected chi connectivity index (χ2v) is 19.2. The molecule has 0 bridgehead atoms. The monoisotopic (exact) mass is 910 g/mol. The normalized spacial score (nSPS) is 12.0. The van der Waals surface area contributed by atoms with Crippen LogP contribution in [0.15, 0.2) is 235 Å². The standard InChI is InChI=1S/C64H38N4OS/c1-3-14-39(15-4-1)40-16-13-19-45(34-40)68-55-24-11-8-21-47(55)50-36-42(27-30-57(50)68)53-38-52(41-26-29-56-49(35-41)46-20-7-10-23-54(46)67(56)44-17-5-2-6-18-44)65-64(66-53)43-28-31-58-51(37-43)62-59(69-58)32-33-61-63(62)48-22-9-12-25-60(48)70-61/h1-38H. The highest BCUT2D eigenvalue weighted by molar-refractivity contribution is 7.26. The molecule has 0 radical (unpaired) electrons. The van der Waals surface area contributed by atoms with Gasteiger partial charge in [0.1, 0.15) is 11.2 Å². The van der Waals surface area contributed by atoms with Gasteiger partial charge in [0.15, 0.2) is 5.82 Å². The van der Waals surface area contributed by atoms with E-state index in [9.17, 15) is 0 Å². The van der Waals surface area contributed by atoms with Crippen LogP contribution in [0.2, 0.25) is 0 Å². The lowest BCUT2D eigenvalue weighted by atomic mass is 10.0. The van der Waals surface area contributed by atoms with E-state index in [0.717, 1.165) is 88.8 Å². The Morgan fingerprint density at radius 1 is 0.314 bits per heavy atom. The molecule has 0 aliphatic rings. The number of hydrogen-bond acceptors (Lipinski definition) is 4. The third-order valence-electron chi connectivity index (χ3n) is 14.1. The molecular weight excluding hydrogens is 873 g/mol. The van der Waals surface area contributed by atoms with E-state index in [0.29, 0.717) is 5.82 Å². The number of nitrogens with zero attached hydrogens (tertiary/aromatic N) is 4. The van der Waals surface area contributed by atoms with Crippen molar-refractivity contribution in [1.29, 1.82) is 0 Å². The van der Waals surface area contributed by atoms with Gasteiger partial charge >= 0.3 is 0 Å². The molecule has 0 fully saturated rings. The molecule has 70 heavy (non-hydrogen) atoms. The van der Waals surface area contributed by atoms with Gasteiger partial charge < -0.3 is 13.6 Å². The molecule has 15 rings (SSSR count). The van der Waals surface area contributed by atoms with Crippen molar-refractivity contribution in [2.45, 2.75) is 0 Å². The first-order chi connectivity index (χ1) is 34.7. The second kappa shape index (κ2) is 15.2. The Bertz CT molecular complexity index is 4600. The summed E-state index contributed by atoms with van der Waals surface area (Å²) in [5.41, 5.74) is 15.6. The Morgan fingerprint density at radius 2 is 0.857 bits per heavy atom. The van der Waals surface area contributed by atoms with E-state index in [1.807, 2.05) is 11.3 Å². The molecule has 0 atom stereocenters. The molecule has 10 aromatic carbocycles. The summed E-state index contributed by atoms with van der Waals surface area (Å²) in [6.45, 7) is 0. The molecule has 0 saturated carbocycles. The van der Waals surface area contributed by atoms with E-state index in [2.05, 4.69) is 240 Å². The van der Waals surface area contributed by atoms with Gasteiger partial charge in [-0.2, -0.15) is 0 Å². The molecule has 5 nitrogen and oxygen atoms in total. The molecule has 15 aromatic rings. The summed E-state index contributed by atoms with van der Waals surface area (Å²) in [7, 11) is 0. The molecule has 0 N–H and O–H groups in total. The average molecular weight is 911 g/mol. The van der Waals surface area contributed by atoms with Gasteiger partial charge in [-0.05, 0) is 114 Å². The van der Waals surface area contributed by atoms with Crippen molar-refractivity contribution in [2.75, 3.05) is 0 Å². The van der Waals surface area contributed by atoms with Gasteiger partial charge in [-0.15, -0.1) is 11.3 Å². The van der Waals surface area contributed by atoms with Crippen molar-refractivity contribution in [3.05, 3.63) is 231 Å². The fourth-order valence-corrected chi connectivity index (χ4v) is 12.1. The van der Waals surface area contributed by atoms with Gasteiger partial charge in [-0.25, -0.2) is 9.97 Å². The minimum atomic E-state index is 0.651. The molecule has 0 aliphatic heterocycles. The molecule has 0 aliphatic carbocycles. The largest absolute Gasteiger partial charge is 0.456 e. The maximum Gasteiger partial charge on any atom is 0.160 e. The zero-order valence-corrected chi connectivity index (χ0v) is 38.4. The van der Waals surface area contributed by atoms with Crippen LogP contribution in [0.1, 0.15) is 0 Å². The van der Waals surface area contributed by atoms with Crippen LogP contribution in [0.4, 0.5) is 0 Å². The van der Waals surface area contributed by atoms with Crippen LogP contribution in [0.25, 0.3) is 142 Å². The van der Waals surface area contributed by atoms with Crippen LogP contribution in [-0.2, 0) is 0 Å². The summed E-state index contributed by atoms with van der Waals surface area (Å²) in [5.74, 6) is 0.651. The number of furan rings is 1. The Morgan fingerprint density at radius 3 is 1.57 bits per heavy atom. The molecule has 326 valence electrons. The van der Waals surface area contributed by atoms with E-state index < -0.39 is 0 Å². The van der Waals surface area contributed by atoms with Crippen molar-refractivity contribution in [1.82, 2.24) is 19.1 Å². The summed E-state index contributed by atoms with van der Waals surface area (Å²) in [5, 5.41) is 9.36. The summed E-state index contributed by atoms with van der Waals surface area (Å²) in [6, 6.07) is 82.5. The van der Waals surface area contributed by atoms with E-state index in [-0.39, 0.29) is 0 Å². The number of hydrogen-bond donors (Lipinski definition) is 0. The first kappa shape index (κ1) is 38.9. The van der Waals surface area contributed by atoms with Gasteiger partial charge in [-0.3, -0.25) is 0 Å². The topological polar surface area (TPSA) is 48.8 Å². The Labute approximate surface area is 405 Å². The van der Waals surface area contributed by atoms with Crippen LogP contribution in [-0.4, -0.2) is 19.1 Å². The lowest BCUT2D eigenvalue weighted by Gasteiger charge is -2.12. The minimum Gasteiger partial charge on any atom is -0.456 e. The maximum atomic E-state index is 6.56. The van der Waals surface area contributed by atoms with E-state index >= 15 is 0 Å². The predicted octanol–water partition coefficient (Wildman–Crippen LogP) is 17.6. The minimum absolute atomic E-state index is 0.651. The fourth-order valence-electron chi connectivity index (χ4n) is 10.9. The lowest BCUT2D eigenvalue weighted by Crippen LogP contribution is -1.97. The number of benzene rings is 10. The lowest BCUT2D eigenvalue weighted by molar-refractivity contribution is 0.669. The molecule has 0 amide bonds. The van der Waals surface area contributed by atoms with Crippen molar-refractivity contribution in [2.24, 2.45) is 0 Å². The number of aromatic nitrogens is 4. The van der Waals surface area contributed by atoms with E-state index in [4.69, 9.17) is 14.4 Å². The van der Waals surface area contributed by atoms with E-state index in [1.165, 1.54) is 47.5 Å². The molecule has 0 unspecified atom stereocenters. The molecule has 0 spiro atoms. The number of para-hydroxylation sites is 3. The molecular formula is C64H38N4OS. The van der Waals surface area contributed by atoms with Crippen molar-refractivity contribution in [3.8, 4) is 56.4 Å². The molecule has 5 heterocycles. The van der Waals surface area contributed by atoms with E-state index in [1.54, 1.807) is 0 Å². The first-order valence-electron chi connectivity index (χ1n) is 23.6. The summed E-state index contributed by atoms with van der Waals surface area (Å²) in [4.78, 5) is 10.9. The van der Waals surface area contributed by atoms with Gasteiger partial charge in [0, 0.05) is 80.6 Å². The van der Waals surface area contributed by atoms with Gasteiger partial charge in [0.25, 0.3) is 0 Å². The third-order valence-corrected chi connectivity index (χ3v) is 15.3. The third kappa shape index (κ3) is 5.97. The average Bonchev–Trinajstić information content (AvgIpc) is 4.18. The highest BCUT2D eigenvalue weighted by Gasteiger charge is 2.20. The van der Waals surface area contributed by atoms with Crippen LogP contribution in [0.5, 0.6) is 0 Å². The zero-order chi connectivity index (χ0) is 45.9. The number of rotatable bonds is 6. The maximum absolute atomic E-state index is 6.56. The quantitative estimate of drug-likeness (QED) is 0.167. The van der Waals surface area contributed by atoms with Crippen LogP contribution >= 0.6 is 11.3 Å². The first-order valence-corrected chi connectivity index (χ1v) is 24.4. The van der Waals surface area contributed by atoms with Gasteiger partial charge in [0.2, 0.25) is 0 Å². The molecule has 5 aromatic heterocycles. The Balaban J connectivity index is 0.948.